The van der Waals surface area contributed by atoms with Crippen LogP contribution >= 0.6 is 0 Å². The molecule has 0 atom stereocenters. The van der Waals surface area contributed by atoms with E-state index in [0.717, 1.165) is 10.8 Å². The fraction of sp³-hybridized carbons (Fsp3) is 0.154. The lowest BCUT2D eigenvalue weighted by Crippen LogP contribution is -2.25. The maximum atomic E-state index is 12.6. The van der Waals surface area contributed by atoms with Crippen LogP contribution in [-0.4, -0.2) is 34.0 Å². The summed E-state index contributed by atoms with van der Waals surface area (Å²) < 4.78 is 26.5. The van der Waals surface area contributed by atoms with Crippen molar-refractivity contribution >= 4 is 20.9 Å². The average molecular weight is 304 g/mol. The van der Waals surface area contributed by atoms with Crippen molar-refractivity contribution in [3.63, 3.8) is 0 Å². The van der Waals surface area contributed by atoms with Gasteiger partial charge in [-0.25, -0.2) is 8.42 Å². The minimum absolute atomic E-state index is 0.243. The van der Waals surface area contributed by atoms with Crippen LogP contribution in [0.2, 0.25) is 0 Å². The summed E-state index contributed by atoms with van der Waals surface area (Å²) in [6.45, 7) is 0. The van der Waals surface area contributed by atoms with E-state index in [-0.39, 0.29) is 16.2 Å². The first-order chi connectivity index (χ1) is 9.89. The van der Waals surface area contributed by atoms with E-state index in [9.17, 15) is 13.2 Å². The molecule has 8 heteroatoms. The predicted molar refractivity (Wildman–Crippen MR) is 77.2 cm³/mol. The largest absolute Gasteiger partial charge is 0.270 e. The van der Waals surface area contributed by atoms with Crippen molar-refractivity contribution in [3.05, 3.63) is 46.9 Å². The number of hydrogen-bond acceptors (Lipinski definition) is 5. The second-order valence-electron chi connectivity index (χ2n) is 4.65. The zero-order valence-corrected chi connectivity index (χ0v) is 12.2. The van der Waals surface area contributed by atoms with Gasteiger partial charge in [-0.1, -0.05) is 18.2 Å². The second kappa shape index (κ2) is 4.52. The number of benzene rings is 1. The van der Waals surface area contributed by atoms with Crippen LogP contribution in [0.25, 0.3) is 16.7 Å². The van der Waals surface area contributed by atoms with Gasteiger partial charge in [-0.3, -0.25) is 14.0 Å². The highest BCUT2D eigenvalue weighted by atomic mass is 32.2. The first kappa shape index (κ1) is 13.5. The molecule has 1 aromatic carbocycles. The molecular formula is C13H12N4O3S. The molecule has 0 amide bonds. The second-order valence-corrected chi connectivity index (χ2v) is 6.56. The Bertz CT molecular complexity index is 987. The standard InChI is InChI=1S/C13H12N4O3S/c1-16-11-10(8-14-16)12(18)17(9-6-4-3-5-7-9)13(15-11)21(2,19)20/h3-8H,1-2H3. The van der Waals surface area contributed by atoms with E-state index in [0.29, 0.717) is 5.69 Å². The molecule has 0 radical (unpaired) electrons. The summed E-state index contributed by atoms with van der Waals surface area (Å²) in [6, 6.07) is 8.53. The van der Waals surface area contributed by atoms with Crippen LogP contribution in [0.5, 0.6) is 0 Å². The van der Waals surface area contributed by atoms with Gasteiger partial charge in [0.25, 0.3) is 5.56 Å². The summed E-state index contributed by atoms with van der Waals surface area (Å²) in [7, 11) is -2.07. The van der Waals surface area contributed by atoms with Crippen molar-refractivity contribution in [2.24, 2.45) is 7.05 Å². The molecule has 0 aliphatic heterocycles. The van der Waals surface area contributed by atoms with Crippen molar-refractivity contribution in [3.8, 4) is 5.69 Å². The van der Waals surface area contributed by atoms with Crippen LogP contribution in [0.4, 0.5) is 0 Å². The molecule has 3 rings (SSSR count). The molecule has 2 aromatic heterocycles. The third kappa shape index (κ3) is 2.13. The van der Waals surface area contributed by atoms with Gasteiger partial charge in [-0.2, -0.15) is 10.1 Å². The molecule has 2 heterocycles. The molecule has 3 aromatic rings. The van der Waals surface area contributed by atoms with Crippen LogP contribution in [-0.2, 0) is 16.9 Å². The SMILES string of the molecule is Cn1ncc2c(=O)n(-c3ccccc3)c(S(C)(=O)=O)nc21. The summed E-state index contributed by atoms with van der Waals surface area (Å²) in [5, 5.41) is 3.94. The van der Waals surface area contributed by atoms with E-state index in [1.54, 1.807) is 37.4 Å². The summed E-state index contributed by atoms with van der Waals surface area (Å²) in [5.74, 6) is 0. The highest BCUT2D eigenvalue weighted by molar-refractivity contribution is 7.90. The Morgan fingerprint density at radius 1 is 1.14 bits per heavy atom. The van der Waals surface area contributed by atoms with Crippen LogP contribution < -0.4 is 5.56 Å². The molecular weight excluding hydrogens is 292 g/mol. The number of fused-ring (bicyclic) bond motifs is 1. The van der Waals surface area contributed by atoms with Crippen LogP contribution in [0.15, 0.2) is 46.5 Å². The number of nitrogens with zero attached hydrogens (tertiary/aromatic N) is 4. The summed E-state index contributed by atoms with van der Waals surface area (Å²) >= 11 is 0. The lowest BCUT2D eigenvalue weighted by atomic mass is 10.3. The van der Waals surface area contributed by atoms with E-state index in [1.165, 1.54) is 10.9 Å². The Kier molecular flexibility index (Phi) is 2.91. The number of aryl methyl sites for hydroxylation is 1. The van der Waals surface area contributed by atoms with Gasteiger partial charge >= 0.3 is 0 Å². The van der Waals surface area contributed by atoms with Crippen LogP contribution in [0, 0.1) is 0 Å². The number of aromatic nitrogens is 4. The van der Waals surface area contributed by atoms with Gasteiger partial charge in [0.15, 0.2) is 5.65 Å². The van der Waals surface area contributed by atoms with E-state index in [2.05, 4.69) is 10.1 Å². The first-order valence-corrected chi connectivity index (χ1v) is 7.99. The molecule has 0 spiro atoms. The Labute approximate surface area is 120 Å². The van der Waals surface area contributed by atoms with Crippen molar-refractivity contribution in [1.29, 1.82) is 0 Å². The molecule has 0 bridgehead atoms. The van der Waals surface area contributed by atoms with Gasteiger partial charge in [0.05, 0.1) is 11.9 Å². The molecule has 0 aliphatic rings. The molecule has 21 heavy (non-hydrogen) atoms. The maximum absolute atomic E-state index is 12.6. The van der Waals surface area contributed by atoms with Gasteiger partial charge in [-0.15, -0.1) is 0 Å². The summed E-state index contributed by atoms with van der Waals surface area (Å²) in [6.07, 6.45) is 2.41. The summed E-state index contributed by atoms with van der Waals surface area (Å²) in [5.41, 5.74) is 0.230. The Balaban J connectivity index is 2.53. The normalized spacial score (nSPS) is 11.9. The minimum atomic E-state index is -3.68. The Morgan fingerprint density at radius 2 is 1.81 bits per heavy atom. The van der Waals surface area contributed by atoms with E-state index in [4.69, 9.17) is 0 Å². The van der Waals surface area contributed by atoms with Crippen LogP contribution in [0.3, 0.4) is 0 Å². The van der Waals surface area contributed by atoms with Gasteiger partial charge in [0.1, 0.15) is 5.39 Å². The predicted octanol–water partition coefficient (Wildman–Crippen LogP) is 0.523. The monoisotopic (exact) mass is 304 g/mol. The average Bonchev–Trinajstić information content (AvgIpc) is 2.81. The molecule has 0 saturated heterocycles. The topological polar surface area (TPSA) is 86.9 Å². The zero-order valence-electron chi connectivity index (χ0n) is 11.4. The van der Waals surface area contributed by atoms with Gasteiger partial charge in [0, 0.05) is 13.3 Å². The van der Waals surface area contributed by atoms with Crippen molar-refractivity contribution in [2.45, 2.75) is 5.16 Å². The van der Waals surface area contributed by atoms with Gasteiger partial charge in [0.2, 0.25) is 15.0 Å². The molecule has 0 unspecified atom stereocenters. The molecule has 7 nitrogen and oxygen atoms in total. The van der Waals surface area contributed by atoms with Crippen molar-refractivity contribution in [1.82, 2.24) is 19.3 Å². The Hall–Kier alpha value is -2.48. The molecule has 0 N–H and O–H groups in total. The first-order valence-electron chi connectivity index (χ1n) is 6.10. The zero-order chi connectivity index (χ0) is 15.2. The fourth-order valence-corrected chi connectivity index (χ4v) is 2.89. The lowest BCUT2D eigenvalue weighted by molar-refractivity contribution is 0.585. The highest BCUT2D eigenvalue weighted by Gasteiger charge is 2.21. The number of para-hydroxylation sites is 1. The smallest absolute Gasteiger partial charge is 0.268 e. The summed E-state index contributed by atoms with van der Waals surface area (Å²) in [4.78, 5) is 16.7. The third-order valence-electron chi connectivity index (χ3n) is 3.08. The van der Waals surface area contributed by atoms with Crippen molar-refractivity contribution in [2.75, 3.05) is 6.26 Å². The van der Waals surface area contributed by atoms with Crippen molar-refractivity contribution < 1.29 is 8.42 Å². The quantitative estimate of drug-likeness (QED) is 0.644. The van der Waals surface area contributed by atoms with E-state index in [1.807, 2.05) is 0 Å². The number of rotatable bonds is 2. The minimum Gasteiger partial charge on any atom is -0.268 e. The highest BCUT2D eigenvalue weighted by Crippen LogP contribution is 2.15. The number of sulfone groups is 1. The van der Waals surface area contributed by atoms with Gasteiger partial charge < -0.3 is 0 Å². The molecule has 108 valence electrons. The molecule has 0 aliphatic carbocycles. The lowest BCUT2D eigenvalue weighted by Gasteiger charge is -2.10. The molecule has 0 fully saturated rings. The fourth-order valence-electron chi connectivity index (χ4n) is 2.12. The Morgan fingerprint density at radius 3 is 2.43 bits per heavy atom. The third-order valence-corrected chi connectivity index (χ3v) is 4.02. The van der Waals surface area contributed by atoms with Gasteiger partial charge in [-0.05, 0) is 12.1 Å². The maximum Gasteiger partial charge on any atom is 0.270 e. The van der Waals surface area contributed by atoms with E-state index < -0.39 is 15.4 Å². The number of hydrogen-bond donors (Lipinski definition) is 0. The van der Waals surface area contributed by atoms with Crippen LogP contribution in [0.1, 0.15) is 0 Å². The van der Waals surface area contributed by atoms with E-state index >= 15 is 0 Å². The molecule has 0 saturated carbocycles.